The molecule has 1 aromatic carbocycles. The molecule has 0 aliphatic carbocycles. The number of hydrogen-bond acceptors (Lipinski definition) is 2. The van der Waals surface area contributed by atoms with Crippen molar-refractivity contribution in [1.82, 2.24) is 0 Å². The lowest BCUT2D eigenvalue weighted by molar-refractivity contribution is -0.150. The minimum Gasteiger partial charge on any atom is -0.506 e. The van der Waals surface area contributed by atoms with Crippen LogP contribution in [-0.4, -0.2) is 11.3 Å². The molecule has 3 N–H and O–H groups in total. The summed E-state index contributed by atoms with van der Waals surface area (Å²) >= 11 is 2.55. The molecule has 1 atom stereocenters. The molecule has 0 radical (unpaired) electrons. The van der Waals surface area contributed by atoms with Crippen LogP contribution in [0.5, 0.6) is 5.75 Å². The summed E-state index contributed by atoms with van der Waals surface area (Å²) in [5, 5.41) is 9.33. The van der Waals surface area contributed by atoms with E-state index in [9.17, 15) is 31.4 Å². The molecule has 0 spiro atoms. The Morgan fingerprint density at radius 3 is 2.00 bits per heavy atom. The van der Waals surface area contributed by atoms with Gasteiger partial charge >= 0.3 is 12.4 Å². The molecule has 0 fully saturated rings. The summed E-state index contributed by atoms with van der Waals surface area (Å²) in [5.41, 5.74) is 2.41. The first-order valence-electron chi connectivity index (χ1n) is 4.36. The van der Waals surface area contributed by atoms with E-state index in [2.05, 4.69) is 15.9 Å². The minimum absolute atomic E-state index is 0.179. The first-order chi connectivity index (χ1) is 7.94. The molecule has 1 rings (SSSR count). The predicted molar refractivity (Wildman–Crippen MR) is 53.8 cm³/mol. The molecule has 0 amide bonds. The van der Waals surface area contributed by atoms with Crippen LogP contribution >= 0.6 is 15.9 Å². The van der Waals surface area contributed by atoms with E-state index in [0.29, 0.717) is 6.07 Å². The van der Waals surface area contributed by atoms with E-state index in [1.807, 2.05) is 0 Å². The van der Waals surface area contributed by atoms with E-state index in [-0.39, 0.29) is 6.07 Å². The predicted octanol–water partition coefficient (Wildman–Crippen LogP) is 3.74. The SMILES string of the molecule is N[C@@H](c1cc(C(F)(F)F)cc(Br)c1O)C(F)(F)F. The molecule has 2 nitrogen and oxygen atoms in total. The van der Waals surface area contributed by atoms with Crippen LogP contribution in [0.3, 0.4) is 0 Å². The zero-order valence-corrected chi connectivity index (χ0v) is 9.99. The zero-order valence-electron chi connectivity index (χ0n) is 8.40. The highest BCUT2D eigenvalue weighted by molar-refractivity contribution is 9.10. The van der Waals surface area contributed by atoms with Gasteiger partial charge < -0.3 is 10.8 Å². The van der Waals surface area contributed by atoms with Gasteiger partial charge in [0.15, 0.2) is 0 Å². The smallest absolute Gasteiger partial charge is 0.416 e. The van der Waals surface area contributed by atoms with Crippen molar-refractivity contribution in [3.05, 3.63) is 27.7 Å². The summed E-state index contributed by atoms with van der Waals surface area (Å²) < 4.78 is 73.8. The van der Waals surface area contributed by atoms with Crippen LogP contribution in [0, 0.1) is 0 Å². The first-order valence-corrected chi connectivity index (χ1v) is 5.15. The molecule has 9 heteroatoms. The maximum absolute atomic E-state index is 12.4. The number of hydrogen-bond donors (Lipinski definition) is 2. The van der Waals surface area contributed by atoms with Crippen molar-refractivity contribution in [1.29, 1.82) is 0 Å². The third-order valence-electron chi connectivity index (χ3n) is 2.11. The fraction of sp³-hybridized carbons (Fsp3) is 0.333. The molecule has 0 saturated heterocycles. The Bertz CT molecular complexity index is 456. The zero-order chi connectivity index (χ0) is 14.3. The van der Waals surface area contributed by atoms with Gasteiger partial charge in [-0.3, -0.25) is 0 Å². The van der Waals surface area contributed by atoms with Crippen LogP contribution in [0.15, 0.2) is 16.6 Å². The van der Waals surface area contributed by atoms with E-state index < -0.39 is 39.7 Å². The maximum Gasteiger partial charge on any atom is 0.416 e. The lowest BCUT2D eigenvalue weighted by Crippen LogP contribution is -2.29. The number of alkyl halides is 6. The number of halogens is 7. The topological polar surface area (TPSA) is 46.2 Å². The number of aromatic hydroxyl groups is 1. The second kappa shape index (κ2) is 4.61. The Morgan fingerprint density at radius 1 is 1.11 bits per heavy atom. The molecule has 0 aromatic heterocycles. The minimum atomic E-state index is -4.96. The lowest BCUT2D eigenvalue weighted by atomic mass is 10.0. The van der Waals surface area contributed by atoms with E-state index in [1.54, 1.807) is 0 Å². The van der Waals surface area contributed by atoms with Gasteiger partial charge in [-0.2, -0.15) is 26.3 Å². The summed E-state index contributed by atoms with van der Waals surface area (Å²) in [7, 11) is 0. The van der Waals surface area contributed by atoms with Crippen LogP contribution in [0.25, 0.3) is 0 Å². The molecule has 0 heterocycles. The Labute approximate surface area is 106 Å². The van der Waals surface area contributed by atoms with E-state index in [4.69, 9.17) is 5.73 Å². The fourth-order valence-corrected chi connectivity index (χ4v) is 1.67. The van der Waals surface area contributed by atoms with Gasteiger partial charge in [0, 0.05) is 5.56 Å². The first kappa shape index (κ1) is 15.1. The van der Waals surface area contributed by atoms with Crippen LogP contribution in [-0.2, 0) is 6.18 Å². The van der Waals surface area contributed by atoms with Crippen LogP contribution < -0.4 is 5.73 Å². The van der Waals surface area contributed by atoms with Gasteiger partial charge in [-0.1, -0.05) is 0 Å². The van der Waals surface area contributed by atoms with Gasteiger partial charge in [0.2, 0.25) is 0 Å². The summed E-state index contributed by atoms with van der Waals surface area (Å²) in [6.07, 6.45) is -9.79. The van der Waals surface area contributed by atoms with Gasteiger partial charge in [-0.05, 0) is 28.1 Å². The number of phenolic OH excluding ortho intramolecular Hbond substituents is 1. The third-order valence-corrected chi connectivity index (χ3v) is 2.71. The molecular formula is C9H6BrF6NO. The van der Waals surface area contributed by atoms with Crippen molar-refractivity contribution < 1.29 is 31.4 Å². The molecule has 0 bridgehead atoms. The Morgan fingerprint density at radius 2 is 1.61 bits per heavy atom. The van der Waals surface area contributed by atoms with Crippen molar-refractivity contribution in [2.24, 2.45) is 5.73 Å². The van der Waals surface area contributed by atoms with Crippen molar-refractivity contribution in [2.45, 2.75) is 18.4 Å². The molecular weight excluding hydrogens is 332 g/mol. The molecule has 102 valence electrons. The average Bonchev–Trinajstić information content (AvgIpc) is 2.17. The van der Waals surface area contributed by atoms with E-state index in [1.165, 1.54) is 0 Å². The summed E-state index contributed by atoms with van der Waals surface area (Å²) in [4.78, 5) is 0. The summed E-state index contributed by atoms with van der Waals surface area (Å²) in [6.45, 7) is 0. The molecule has 1 aromatic rings. The second-order valence-electron chi connectivity index (χ2n) is 3.41. The van der Waals surface area contributed by atoms with Gasteiger partial charge in [0.05, 0.1) is 10.0 Å². The molecule has 0 unspecified atom stereocenters. The third kappa shape index (κ3) is 3.08. The van der Waals surface area contributed by atoms with Crippen molar-refractivity contribution in [3.8, 4) is 5.75 Å². The highest BCUT2D eigenvalue weighted by Gasteiger charge is 2.41. The van der Waals surface area contributed by atoms with Gasteiger partial charge in [0.1, 0.15) is 11.8 Å². The number of phenols is 1. The average molecular weight is 338 g/mol. The Kier molecular flexibility index (Phi) is 3.87. The van der Waals surface area contributed by atoms with Crippen molar-refractivity contribution >= 4 is 15.9 Å². The maximum atomic E-state index is 12.4. The molecule has 0 aliphatic heterocycles. The quantitative estimate of drug-likeness (QED) is 0.767. The van der Waals surface area contributed by atoms with Crippen LogP contribution in [0.4, 0.5) is 26.3 Å². The van der Waals surface area contributed by atoms with Crippen molar-refractivity contribution in [2.75, 3.05) is 0 Å². The van der Waals surface area contributed by atoms with Gasteiger partial charge in [-0.25, -0.2) is 0 Å². The normalized spacial score (nSPS) is 14.7. The molecule has 18 heavy (non-hydrogen) atoms. The van der Waals surface area contributed by atoms with Gasteiger partial charge in [0.25, 0.3) is 0 Å². The lowest BCUT2D eigenvalue weighted by Gasteiger charge is -2.19. The summed E-state index contributed by atoms with van der Waals surface area (Å²) in [5.74, 6) is -0.965. The second-order valence-corrected chi connectivity index (χ2v) is 4.27. The Hall–Kier alpha value is -0.960. The van der Waals surface area contributed by atoms with Gasteiger partial charge in [-0.15, -0.1) is 0 Å². The summed E-state index contributed by atoms with van der Waals surface area (Å²) in [6, 6.07) is -2.05. The largest absolute Gasteiger partial charge is 0.506 e. The standard InChI is InChI=1S/C9H6BrF6NO/c10-5-2-3(8(11,12)13)1-4(6(5)18)7(17)9(14,15)16/h1-2,7,18H,17H2/t7-/m0/s1. The highest BCUT2D eigenvalue weighted by Crippen LogP contribution is 2.42. The molecule has 0 saturated carbocycles. The van der Waals surface area contributed by atoms with E-state index >= 15 is 0 Å². The Balaban J connectivity index is 3.41. The monoisotopic (exact) mass is 337 g/mol. The number of benzene rings is 1. The van der Waals surface area contributed by atoms with Crippen LogP contribution in [0.2, 0.25) is 0 Å². The fourth-order valence-electron chi connectivity index (χ4n) is 1.20. The van der Waals surface area contributed by atoms with E-state index in [0.717, 1.165) is 0 Å². The van der Waals surface area contributed by atoms with Crippen molar-refractivity contribution in [3.63, 3.8) is 0 Å². The molecule has 0 aliphatic rings. The van der Waals surface area contributed by atoms with Crippen LogP contribution in [0.1, 0.15) is 17.2 Å². The highest BCUT2D eigenvalue weighted by atomic mass is 79.9. The number of rotatable bonds is 1. The number of nitrogens with two attached hydrogens (primary N) is 1.